The number of aryl methyl sites for hydroxylation is 2. The predicted octanol–water partition coefficient (Wildman–Crippen LogP) is 6.74. The number of rotatable bonds is 4. The molecular formula is C26H36Si2. The molecule has 0 saturated heterocycles. The van der Waals surface area contributed by atoms with Gasteiger partial charge in [0, 0.05) is 0 Å². The Morgan fingerprint density at radius 2 is 0.750 bits per heavy atom. The first kappa shape index (κ1) is 18.9. The molecular weight excluding hydrogens is 368 g/mol. The molecule has 2 aromatic rings. The second-order valence-corrected chi connectivity index (χ2v) is 22.7. The van der Waals surface area contributed by atoms with Crippen molar-refractivity contribution >= 4 is 16.1 Å². The molecule has 3 fully saturated rings. The minimum Gasteiger partial charge on any atom is -0.0688 e. The number of hydrogen-bond acceptors (Lipinski definition) is 0. The number of hydrogen-bond donors (Lipinski definition) is 0. The van der Waals surface area contributed by atoms with Gasteiger partial charge in [-0.25, -0.2) is 0 Å². The summed E-state index contributed by atoms with van der Waals surface area (Å²) in [7, 11) is -2.65. The van der Waals surface area contributed by atoms with E-state index in [1.165, 1.54) is 11.1 Å². The van der Waals surface area contributed by atoms with E-state index in [-0.39, 0.29) is 0 Å². The van der Waals surface area contributed by atoms with E-state index in [4.69, 9.17) is 0 Å². The highest BCUT2D eigenvalue weighted by atomic mass is 28.3. The Hall–Kier alpha value is -1.13. The van der Waals surface area contributed by atoms with Crippen molar-refractivity contribution < 1.29 is 0 Å². The van der Waals surface area contributed by atoms with Gasteiger partial charge in [-0.2, -0.15) is 0 Å². The quantitative estimate of drug-likeness (QED) is 0.495. The highest BCUT2D eigenvalue weighted by Gasteiger charge is 2.96. The third kappa shape index (κ3) is 1.97. The zero-order valence-corrected chi connectivity index (χ0v) is 20.9. The van der Waals surface area contributed by atoms with Crippen molar-refractivity contribution in [3.8, 4) is 0 Å². The Morgan fingerprint density at radius 3 is 0.964 bits per heavy atom. The smallest absolute Gasteiger partial charge is 0.0564 e. The summed E-state index contributed by atoms with van der Waals surface area (Å²) in [6.07, 6.45) is 0. The molecule has 0 N–H and O–H groups in total. The van der Waals surface area contributed by atoms with Gasteiger partial charge in [-0.05, 0) is 58.7 Å². The molecule has 0 aliphatic heterocycles. The fraction of sp³-hybridized carbons (Fsp3) is 0.538. The molecule has 5 rings (SSSR count). The van der Waals surface area contributed by atoms with Crippen LogP contribution in [-0.4, -0.2) is 16.1 Å². The molecule has 28 heavy (non-hydrogen) atoms. The average molecular weight is 405 g/mol. The molecule has 0 radical (unpaired) electrons. The van der Waals surface area contributed by atoms with Gasteiger partial charge in [-0.1, -0.05) is 98.9 Å². The standard InChI is InChI=1S/C26H36Si2/c1-17-9-13-19(14-10-17)25(27(3,4)5)21-22(25)24-23(21)26(24,28(6,7)8)20-15-11-18(2)12-16-20/h9-16,21-24H,1-8H3. The van der Waals surface area contributed by atoms with E-state index >= 15 is 0 Å². The van der Waals surface area contributed by atoms with Gasteiger partial charge < -0.3 is 0 Å². The fourth-order valence-corrected chi connectivity index (χ4v) is 15.4. The van der Waals surface area contributed by atoms with E-state index in [1.54, 1.807) is 11.1 Å². The predicted molar refractivity (Wildman–Crippen MR) is 126 cm³/mol. The summed E-state index contributed by atoms with van der Waals surface area (Å²) in [4.78, 5) is 0. The molecule has 0 atom stereocenters. The van der Waals surface area contributed by atoms with Gasteiger partial charge in [-0.3, -0.25) is 0 Å². The third-order valence-electron chi connectivity index (χ3n) is 8.97. The van der Waals surface area contributed by atoms with Crippen molar-refractivity contribution in [3.05, 3.63) is 70.8 Å². The Labute approximate surface area is 173 Å². The third-order valence-corrected chi connectivity index (χ3v) is 15.8. The van der Waals surface area contributed by atoms with Gasteiger partial charge in [-0.15, -0.1) is 0 Å². The van der Waals surface area contributed by atoms with Crippen molar-refractivity contribution in [1.82, 2.24) is 0 Å². The highest BCUT2D eigenvalue weighted by molar-refractivity contribution is 6.82. The van der Waals surface area contributed by atoms with E-state index in [1.807, 2.05) is 0 Å². The van der Waals surface area contributed by atoms with E-state index in [9.17, 15) is 0 Å². The summed E-state index contributed by atoms with van der Waals surface area (Å²) in [5.74, 6) is 3.78. The Bertz CT molecular complexity index is 821. The topological polar surface area (TPSA) is 0 Å². The van der Waals surface area contributed by atoms with Crippen LogP contribution in [0.15, 0.2) is 48.5 Å². The molecule has 3 saturated carbocycles. The molecule has 148 valence electrons. The maximum Gasteiger partial charge on any atom is 0.0564 e. The molecule has 0 spiro atoms. The van der Waals surface area contributed by atoms with E-state index in [0.717, 1.165) is 23.7 Å². The maximum absolute atomic E-state index is 2.63. The van der Waals surface area contributed by atoms with Crippen molar-refractivity contribution in [1.29, 1.82) is 0 Å². The normalized spacial score (nSPS) is 38.3. The lowest BCUT2D eigenvalue weighted by Crippen LogP contribution is -2.46. The van der Waals surface area contributed by atoms with Gasteiger partial charge in [0.05, 0.1) is 16.1 Å². The van der Waals surface area contributed by atoms with Crippen LogP contribution in [0.3, 0.4) is 0 Å². The Balaban J connectivity index is 1.58. The summed E-state index contributed by atoms with van der Waals surface area (Å²) < 4.78 is 0. The summed E-state index contributed by atoms with van der Waals surface area (Å²) in [6, 6.07) is 19.3. The molecule has 3 aliphatic carbocycles. The second kappa shape index (κ2) is 5.32. The molecule has 3 aliphatic rings. The van der Waals surface area contributed by atoms with Gasteiger partial charge in [0.15, 0.2) is 0 Å². The first-order chi connectivity index (χ1) is 13.0. The number of fused-ring (bicyclic) bond motifs is 4. The van der Waals surface area contributed by atoms with E-state index in [0.29, 0.717) is 10.1 Å². The monoisotopic (exact) mass is 404 g/mol. The second-order valence-electron chi connectivity index (χ2n) is 12.1. The molecule has 0 unspecified atom stereocenters. The Kier molecular flexibility index (Phi) is 3.58. The summed E-state index contributed by atoms with van der Waals surface area (Å²) in [6.45, 7) is 20.2. The van der Waals surface area contributed by atoms with Crippen LogP contribution in [0.4, 0.5) is 0 Å². The highest BCUT2D eigenvalue weighted by Crippen LogP contribution is 2.94. The van der Waals surface area contributed by atoms with Crippen LogP contribution in [0, 0.1) is 37.5 Å². The molecule has 0 aromatic heterocycles. The molecule has 2 aromatic carbocycles. The minimum atomic E-state index is -1.32. The first-order valence-corrected chi connectivity index (χ1v) is 18.1. The van der Waals surface area contributed by atoms with Crippen molar-refractivity contribution in [2.24, 2.45) is 23.7 Å². The van der Waals surface area contributed by atoms with E-state index < -0.39 is 16.1 Å². The summed E-state index contributed by atoms with van der Waals surface area (Å²) >= 11 is 0. The SMILES string of the molecule is Cc1ccc(C2([Si](C)(C)C)C3C2C2C3C2(c2ccc(C)cc2)[Si](C)(C)C)cc1. The zero-order chi connectivity index (χ0) is 20.3. The van der Waals surface area contributed by atoms with Crippen LogP contribution < -0.4 is 0 Å². The van der Waals surface area contributed by atoms with Crippen LogP contribution >= 0.6 is 0 Å². The summed E-state index contributed by atoms with van der Waals surface area (Å²) in [5.41, 5.74) is 6.13. The average Bonchev–Trinajstić information content (AvgIpc) is 3.37. The van der Waals surface area contributed by atoms with Gasteiger partial charge in [0.1, 0.15) is 0 Å². The van der Waals surface area contributed by atoms with Gasteiger partial charge in [0.25, 0.3) is 0 Å². The van der Waals surface area contributed by atoms with Crippen molar-refractivity contribution in [2.45, 2.75) is 63.2 Å². The molecule has 0 heterocycles. The lowest BCUT2D eigenvalue weighted by atomic mass is 10.0. The van der Waals surface area contributed by atoms with Crippen LogP contribution in [-0.2, 0) is 10.1 Å². The molecule has 0 amide bonds. The van der Waals surface area contributed by atoms with Gasteiger partial charge >= 0.3 is 0 Å². The van der Waals surface area contributed by atoms with Crippen LogP contribution in [0.5, 0.6) is 0 Å². The van der Waals surface area contributed by atoms with E-state index in [2.05, 4.69) is 102 Å². The van der Waals surface area contributed by atoms with Gasteiger partial charge in [0.2, 0.25) is 0 Å². The largest absolute Gasteiger partial charge is 0.0688 e. The Morgan fingerprint density at radius 1 is 0.500 bits per heavy atom. The maximum atomic E-state index is 2.63. The molecule has 0 bridgehead atoms. The molecule has 2 heteroatoms. The summed E-state index contributed by atoms with van der Waals surface area (Å²) in [5, 5.41) is 1.06. The zero-order valence-electron chi connectivity index (χ0n) is 18.9. The van der Waals surface area contributed by atoms with Crippen molar-refractivity contribution in [2.75, 3.05) is 0 Å². The first-order valence-electron chi connectivity index (χ1n) is 11.1. The lowest BCUT2D eigenvalue weighted by Gasteiger charge is -2.37. The van der Waals surface area contributed by atoms with Crippen LogP contribution in [0.1, 0.15) is 22.3 Å². The minimum absolute atomic E-state index is 0.532. The lowest BCUT2D eigenvalue weighted by molar-refractivity contribution is 0.434. The van der Waals surface area contributed by atoms with Crippen LogP contribution in [0.25, 0.3) is 0 Å². The number of benzene rings is 2. The van der Waals surface area contributed by atoms with Crippen LogP contribution in [0.2, 0.25) is 39.3 Å². The fourth-order valence-electron chi connectivity index (χ4n) is 8.06. The molecule has 0 nitrogen and oxygen atoms in total. The van der Waals surface area contributed by atoms with Crippen molar-refractivity contribution in [3.63, 3.8) is 0 Å².